The number of carbonyl (C=O) groups is 2. The molecule has 1 saturated heterocycles. The number of halogens is 1. The van der Waals surface area contributed by atoms with Crippen molar-refractivity contribution in [3.8, 4) is 0 Å². The normalized spacial score (nSPS) is 17.3. The molecule has 0 bridgehead atoms. The molecule has 30 heavy (non-hydrogen) atoms. The zero-order valence-corrected chi connectivity index (χ0v) is 16.6. The van der Waals surface area contributed by atoms with Gasteiger partial charge >= 0.3 is 0 Å². The molecular formula is C21H22FN5O3. The molecule has 0 unspecified atom stereocenters. The van der Waals surface area contributed by atoms with Crippen LogP contribution in [-0.4, -0.2) is 78.0 Å². The lowest BCUT2D eigenvalue weighted by molar-refractivity contribution is -0.138. The third-order valence-corrected chi connectivity index (χ3v) is 5.23. The van der Waals surface area contributed by atoms with Gasteiger partial charge in [-0.05, 0) is 23.8 Å². The van der Waals surface area contributed by atoms with Crippen molar-refractivity contribution in [1.82, 2.24) is 19.8 Å². The van der Waals surface area contributed by atoms with Crippen LogP contribution >= 0.6 is 0 Å². The molecule has 2 aliphatic rings. The maximum Gasteiger partial charge on any atom is 0.277 e. The zero-order valence-electron chi connectivity index (χ0n) is 16.6. The quantitative estimate of drug-likeness (QED) is 0.660. The number of benzene rings is 1. The molecule has 8 nitrogen and oxygen atoms in total. The second-order valence-electron chi connectivity index (χ2n) is 7.01. The molecule has 9 heteroatoms. The van der Waals surface area contributed by atoms with Crippen LogP contribution in [0.3, 0.4) is 0 Å². The van der Waals surface area contributed by atoms with E-state index in [-0.39, 0.29) is 25.0 Å². The number of hydrogen-bond acceptors (Lipinski definition) is 7. The second kappa shape index (κ2) is 8.58. The molecule has 0 radical (unpaired) electrons. The van der Waals surface area contributed by atoms with Gasteiger partial charge in [-0.1, -0.05) is 12.1 Å². The molecule has 1 aromatic heterocycles. The molecule has 2 aromatic rings. The van der Waals surface area contributed by atoms with Crippen LogP contribution < -0.4 is 4.90 Å². The average molecular weight is 411 g/mol. The van der Waals surface area contributed by atoms with Crippen LogP contribution in [0.5, 0.6) is 0 Å². The van der Waals surface area contributed by atoms with Crippen LogP contribution in [-0.2, 0) is 14.3 Å². The number of hydrogen-bond donors (Lipinski definition) is 0. The Morgan fingerprint density at radius 3 is 2.23 bits per heavy atom. The van der Waals surface area contributed by atoms with Gasteiger partial charge in [-0.2, -0.15) is 0 Å². The molecule has 0 aliphatic carbocycles. The van der Waals surface area contributed by atoms with Crippen molar-refractivity contribution in [1.29, 1.82) is 0 Å². The number of ether oxygens (including phenoxy) is 1. The zero-order chi connectivity index (χ0) is 21.1. The van der Waals surface area contributed by atoms with Crippen LogP contribution in [0.2, 0.25) is 0 Å². The molecule has 0 N–H and O–H groups in total. The van der Waals surface area contributed by atoms with Gasteiger partial charge in [0.1, 0.15) is 11.5 Å². The van der Waals surface area contributed by atoms with Crippen LogP contribution in [0.1, 0.15) is 5.56 Å². The van der Waals surface area contributed by atoms with Crippen molar-refractivity contribution in [3.05, 3.63) is 59.8 Å². The first kappa shape index (κ1) is 20.0. The summed E-state index contributed by atoms with van der Waals surface area (Å²) in [5.74, 6) is -0.487. The van der Waals surface area contributed by atoms with E-state index in [1.807, 2.05) is 9.80 Å². The van der Waals surface area contributed by atoms with Gasteiger partial charge in [-0.3, -0.25) is 14.5 Å². The largest absolute Gasteiger partial charge is 0.383 e. The molecule has 0 saturated carbocycles. The molecular weight excluding hydrogens is 389 g/mol. The highest BCUT2D eigenvalue weighted by Gasteiger charge is 2.42. The molecule has 2 amide bonds. The van der Waals surface area contributed by atoms with Crippen LogP contribution in [0.25, 0.3) is 5.57 Å². The summed E-state index contributed by atoms with van der Waals surface area (Å²) in [5, 5.41) is 0. The van der Waals surface area contributed by atoms with E-state index in [2.05, 4.69) is 9.97 Å². The Hall–Kier alpha value is -3.33. The first-order chi connectivity index (χ1) is 14.6. The van der Waals surface area contributed by atoms with E-state index < -0.39 is 5.82 Å². The topological polar surface area (TPSA) is 78.9 Å². The predicted molar refractivity (Wildman–Crippen MR) is 108 cm³/mol. The molecule has 4 rings (SSSR count). The highest BCUT2D eigenvalue weighted by Crippen LogP contribution is 2.32. The number of aromatic nitrogens is 2. The minimum Gasteiger partial charge on any atom is -0.383 e. The standard InChI is InChI=1S/C21H22FN5O3/c1-30-14-13-27-19(28)17(15-3-5-16(22)6-4-15)18(20(27)29)25-9-11-26(12-10-25)21-23-7-2-8-24-21/h2-8H,9-14H2,1H3. The third kappa shape index (κ3) is 3.76. The van der Waals surface area contributed by atoms with Crippen molar-refractivity contribution in [2.75, 3.05) is 51.3 Å². The van der Waals surface area contributed by atoms with Gasteiger partial charge in [0.15, 0.2) is 0 Å². The van der Waals surface area contributed by atoms with Crippen LogP contribution in [0, 0.1) is 5.82 Å². The summed E-state index contributed by atoms with van der Waals surface area (Å²) in [6.07, 6.45) is 3.38. The summed E-state index contributed by atoms with van der Waals surface area (Å²) in [4.78, 5) is 40.0. The number of rotatable bonds is 6. The molecule has 1 aromatic carbocycles. The molecule has 0 atom stereocenters. The number of piperazine rings is 1. The van der Waals surface area contributed by atoms with Crippen molar-refractivity contribution >= 4 is 23.3 Å². The maximum atomic E-state index is 13.4. The third-order valence-electron chi connectivity index (χ3n) is 5.23. The molecule has 156 valence electrons. The smallest absolute Gasteiger partial charge is 0.277 e. The number of imide groups is 1. The van der Waals surface area contributed by atoms with Gasteiger partial charge in [0, 0.05) is 45.7 Å². The fourth-order valence-corrected chi connectivity index (χ4v) is 3.70. The molecule has 3 heterocycles. The number of anilines is 1. The first-order valence-electron chi connectivity index (χ1n) is 9.72. The summed E-state index contributed by atoms with van der Waals surface area (Å²) >= 11 is 0. The summed E-state index contributed by atoms with van der Waals surface area (Å²) in [6.45, 7) is 2.72. The van der Waals surface area contributed by atoms with Crippen LogP contribution in [0.4, 0.5) is 10.3 Å². The highest BCUT2D eigenvalue weighted by atomic mass is 19.1. The Bertz CT molecular complexity index is 956. The first-order valence-corrected chi connectivity index (χ1v) is 9.72. The summed E-state index contributed by atoms with van der Waals surface area (Å²) < 4.78 is 18.5. The van der Waals surface area contributed by atoms with Gasteiger partial charge in [0.05, 0.1) is 18.7 Å². The van der Waals surface area contributed by atoms with E-state index >= 15 is 0 Å². The fraction of sp³-hybridized carbons (Fsp3) is 0.333. The maximum absolute atomic E-state index is 13.4. The Morgan fingerprint density at radius 2 is 1.60 bits per heavy atom. The van der Waals surface area contributed by atoms with E-state index in [9.17, 15) is 14.0 Å². The Morgan fingerprint density at radius 1 is 0.967 bits per heavy atom. The van der Waals surface area contributed by atoms with E-state index in [1.54, 1.807) is 18.5 Å². The number of methoxy groups -OCH3 is 1. The Balaban J connectivity index is 1.62. The lowest BCUT2D eigenvalue weighted by atomic mass is 10.0. The summed E-state index contributed by atoms with van der Waals surface area (Å²) in [6, 6.07) is 7.41. The van der Waals surface area contributed by atoms with Crippen molar-refractivity contribution in [3.63, 3.8) is 0 Å². The fourth-order valence-electron chi connectivity index (χ4n) is 3.70. The Kier molecular flexibility index (Phi) is 5.71. The summed E-state index contributed by atoms with van der Waals surface area (Å²) in [5.41, 5.74) is 1.19. The van der Waals surface area contributed by atoms with Gasteiger partial charge in [-0.25, -0.2) is 14.4 Å². The molecule has 1 fully saturated rings. The van der Waals surface area contributed by atoms with Crippen LogP contribution in [0.15, 0.2) is 48.4 Å². The molecule has 0 spiro atoms. The van der Waals surface area contributed by atoms with Gasteiger partial charge in [0.25, 0.3) is 11.8 Å². The van der Waals surface area contributed by atoms with Gasteiger partial charge in [0.2, 0.25) is 5.95 Å². The monoisotopic (exact) mass is 411 g/mol. The number of carbonyl (C=O) groups excluding carboxylic acids is 2. The molecule has 2 aliphatic heterocycles. The van der Waals surface area contributed by atoms with Crippen molar-refractivity contribution in [2.45, 2.75) is 0 Å². The van der Waals surface area contributed by atoms with Crippen molar-refractivity contribution < 1.29 is 18.7 Å². The van der Waals surface area contributed by atoms with Crippen molar-refractivity contribution in [2.24, 2.45) is 0 Å². The van der Waals surface area contributed by atoms with Gasteiger partial charge in [-0.15, -0.1) is 0 Å². The van der Waals surface area contributed by atoms with E-state index in [4.69, 9.17) is 4.74 Å². The lowest BCUT2D eigenvalue weighted by Gasteiger charge is -2.36. The van der Waals surface area contributed by atoms with Gasteiger partial charge < -0.3 is 14.5 Å². The highest BCUT2D eigenvalue weighted by molar-refractivity contribution is 6.35. The minimum atomic E-state index is -0.398. The lowest BCUT2D eigenvalue weighted by Crippen LogP contribution is -2.48. The minimum absolute atomic E-state index is 0.167. The Labute approximate surface area is 173 Å². The average Bonchev–Trinajstić information content (AvgIpc) is 3.03. The van der Waals surface area contributed by atoms with E-state index in [1.165, 1.54) is 36.3 Å². The predicted octanol–water partition coefficient (Wildman–Crippen LogP) is 1.16. The second-order valence-corrected chi connectivity index (χ2v) is 7.01. The number of nitrogens with zero attached hydrogens (tertiary/aromatic N) is 5. The van der Waals surface area contributed by atoms with E-state index in [0.29, 0.717) is 49.0 Å². The van der Waals surface area contributed by atoms with E-state index in [0.717, 1.165) is 0 Å². The SMILES string of the molecule is COCCN1C(=O)C(c2ccc(F)cc2)=C(N2CCN(c3ncccn3)CC2)C1=O. The number of amides is 2. The summed E-state index contributed by atoms with van der Waals surface area (Å²) in [7, 11) is 1.52.